The SMILES string of the molecule is Cl.NC1(C(=O)N2CCC(OCc3ccccc3)CC2)CCCC1. The zero-order chi connectivity index (χ0) is 15.4. The van der Waals surface area contributed by atoms with Gasteiger partial charge in [-0.3, -0.25) is 4.79 Å². The Hall–Kier alpha value is -1.10. The van der Waals surface area contributed by atoms with E-state index in [-0.39, 0.29) is 24.4 Å². The molecule has 3 rings (SSSR count). The monoisotopic (exact) mass is 338 g/mol. The molecule has 1 aromatic rings. The first-order chi connectivity index (χ1) is 10.7. The molecule has 4 nitrogen and oxygen atoms in total. The van der Waals surface area contributed by atoms with Crippen molar-refractivity contribution in [2.24, 2.45) is 5.73 Å². The summed E-state index contributed by atoms with van der Waals surface area (Å²) in [7, 11) is 0. The molecule has 0 aromatic heterocycles. The lowest BCUT2D eigenvalue weighted by atomic mass is 9.95. The second kappa shape index (κ2) is 8.13. The molecule has 0 radical (unpaired) electrons. The molecule has 2 fully saturated rings. The molecule has 0 spiro atoms. The molecular weight excluding hydrogens is 312 g/mol. The van der Waals surface area contributed by atoms with E-state index >= 15 is 0 Å². The Morgan fingerprint density at radius 3 is 2.39 bits per heavy atom. The second-order valence-corrected chi connectivity index (χ2v) is 6.65. The summed E-state index contributed by atoms with van der Waals surface area (Å²) in [5, 5.41) is 0. The molecule has 0 unspecified atom stereocenters. The zero-order valence-corrected chi connectivity index (χ0v) is 14.4. The first-order valence-corrected chi connectivity index (χ1v) is 8.41. The minimum atomic E-state index is -0.586. The number of likely N-dealkylation sites (tertiary alicyclic amines) is 1. The number of hydrogen-bond acceptors (Lipinski definition) is 3. The van der Waals surface area contributed by atoms with Crippen LogP contribution in [0, 0.1) is 0 Å². The molecule has 0 bridgehead atoms. The van der Waals surface area contributed by atoms with Gasteiger partial charge in [-0.1, -0.05) is 43.2 Å². The quantitative estimate of drug-likeness (QED) is 0.918. The van der Waals surface area contributed by atoms with Gasteiger partial charge in [0, 0.05) is 13.1 Å². The van der Waals surface area contributed by atoms with Gasteiger partial charge >= 0.3 is 0 Å². The summed E-state index contributed by atoms with van der Waals surface area (Å²) in [4.78, 5) is 14.5. The van der Waals surface area contributed by atoms with Gasteiger partial charge in [-0.25, -0.2) is 0 Å². The fraction of sp³-hybridized carbons (Fsp3) is 0.611. The first kappa shape index (κ1) is 18.2. The van der Waals surface area contributed by atoms with E-state index in [4.69, 9.17) is 10.5 Å². The summed E-state index contributed by atoms with van der Waals surface area (Å²) in [6, 6.07) is 10.2. The van der Waals surface area contributed by atoms with E-state index in [0.29, 0.717) is 6.61 Å². The Morgan fingerprint density at radius 2 is 1.78 bits per heavy atom. The van der Waals surface area contributed by atoms with Crippen LogP contribution in [-0.2, 0) is 16.1 Å². The molecule has 0 atom stereocenters. The van der Waals surface area contributed by atoms with E-state index in [9.17, 15) is 4.79 Å². The Labute approximate surface area is 144 Å². The number of carbonyl (C=O) groups excluding carboxylic acids is 1. The van der Waals surface area contributed by atoms with Crippen molar-refractivity contribution in [2.75, 3.05) is 13.1 Å². The van der Waals surface area contributed by atoms with Gasteiger partial charge < -0.3 is 15.4 Å². The number of nitrogens with zero attached hydrogens (tertiary/aromatic N) is 1. The lowest BCUT2D eigenvalue weighted by Gasteiger charge is -2.36. The van der Waals surface area contributed by atoms with Crippen molar-refractivity contribution < 1.29 is 9.53 Å². The van der Waals surface area contributed by atoms with E-state index in [2.05, 4.69) is 12.1 Å². The summed E-state index contributed by atoms with van der Waals surface area (Å²) in [6.07, 6.45) is 5.93. The highest BCUT2D eigenvalue weighted by Crippen LogP contribution is 2.30. The molecular formula is C18H27ClN2O2. The minimum Gasteiger partial charge on any atom is -0.373 e. The lowest BCUT2D eigenvalue weighted by molar-refractivity contribution is -0.139. The van der Waals surface area contributed by atoms with Crippen LogP contribution in [0.3, 0.4) is 0 Å². The highest BCUT2D eigenvalue weighted by molar-refractivity contribution is 5.86. The average molecular weight is 339 g/mol. The van der Waals surface area contributed by atoms with Crippen molar-refractivity contribution in [3.05, 3.63) is 35.9 Å². The van der Waals surface area contributed by atoms with Gasteiger partial charge in [-0.05, 0) is 31.2 Å². The number of hydrogen-bond donors (Lipinski definition) is 1. The molecule has 1 aromatic carbocycles. The molecule has 1 aliphatic carbocycles. The maximum absolute atomic E-state index is 12.6. The standard InChI is InChI=1S/C18H26N2O2.ClH/c19-18(10-4-5-11-18)17(21)20-12-8-16(9-13-20)22-14-15-6-2-1-3-7-15;/h1-3,6-7,16H,4-5,8-14,19H2;1H. The third kappa shape index (κ3) is 4.46. The summed E-state index contributed by atoms with van der Waals surface area (Å²) < 4.78 is 5.98. The maximum atomic E-state index is 12.6. The van der Waals surface area contributed by atoms with E-state index in [0.717, 1.165) is 51.6 Å². The highest BCUT2D eigenvalue weighted by Gasteiger charge is 2.40. The van der Waals surface area contributed by atoms with E-state index in [1.807, 2.05) is 23.1 Å². The number of piperidine rings is 1. The van der Waals surface area contributed by atoms with Crippen LogP contribution in [0.15, 0.2) is 30.3 Å². The van der Waals surface area contributed by atoms with Crippen LogP contribution in [0.1, 0.15) is 44.1 Å². The molecule has 128 valence electrons. The Balaban J connectivity index is 0.00000192. The number of ether oxygens (including phenoxy) is 1. The normalized spacial score (nSPS) is 21.0. The Morgan fingerprint density at radius 1 is 1.17 bits per heavy atom. The topological polar surface area (TPSA) is 55.6 Å². The summed E-state index contributed by atoms with van der Waals surface area (Å²) in [5.74, 6) is 0.159. The predicted octanol–water partition coefficient (Wildman–Crippen LogP) is 2.89. The largest absolute Gasteiger partial charge is 0.373 e. The zero-order valence-electron chi connectivity index (χ0n) is 13.6. The molecule has 1 saturated heterocycles. The highest BCUT2D eigenvalue weighted by atomic mass is 35.5. The Bertz CT molecular complexity index is 495. The van der Waals surface area contributed by atoms with E-state index < -0.39 is 5.54 Å². The third-order valence-corrected chi connectivity index (χ3v) is 4.98. The lowest BCUT2D eigenvalue weighted by Crippen LogP contribution is -2.55. The van der Waals surface area contributed by atoms with Crippen molar-refractivity contribution >= 4 is 18.3 Å². The van der Waals surface area contributed by atoms with Crippen LogP contribution >= 0.6 is 12.4 Å². The number of benzene rings is 1. The van der Waals surface area contributed by atoms with Crippen LogP contribution in [-0.4, -0.2) is 35.5 Å². The maximum Gasteiger partial charge on any atom is 0.242 e. The van der Waals surface area contributed by atoms with Crippen LogP contribution in [0.25, 0.3) is 0 Å². The molecule has 1 amide bonds. The van der Waals surface area contributed by atoms with E-state index in [1.165, 1.54) is 5.56 Å². The number of rotatable bonds is 4. The molecule has 1 aliphatic heterocycles. The second-order valence-electron chi connectivity index (χ2n) is 6.65. The van der Waals surface area contributed by atoms with E-state index in [1.54, 1.807) is 0 Å². The predicted molar refractivity (Wildman–Crippen MR) is 93.5 cm³/mol. The van der Waals surface area contributed by atoms with Gasteiger partial charge in [0.15, 0.2) is 0 Å². The number of nitrogens with two attached hydrogens (primary N) is 1. The first-order valence-electron chi connectivity index (χ1n) is 8.41. The summed E-state index contributed by atoms with van der Waals surface area (Å²) >= 11 is 0. The van der Waals surface area contributed by atoms with Crippen molar-refractivity contribution in [1.82, 2.24) is 4.90 Å². The van der Waals surface area contributed by atoms with Gasteiger partial charge in [-0.15, -0.1) is 12.4 Å². The number of halogens is 1. The fourth-order valence-corrected chi connectivity index (χ4v) is 3.55. The van der Waals surface area contributed by atoms with Crippen molar-refractivity contribution in [2.45, 2.75) is 56.8 Å². The molecule has 2 N–H and O–H groups in total. The number of amides is 1. The van der Waals surface area contributed by atoms with Crippen molar-refractivity contribution in [1.29, 1.82) is 0 Å². The molecule has 1 heterocycles. The van der Waals surface area contributed by atoms with Crippen LogP contribution < -0.4 is 5.73 Å². The van der Waals surface area contributed by atoms with Gasteiger partial charge in [0.25, 0.3) is 0 Å². The van der Waals surface area contributed by atoms with Gasteiger partial charge in [0.05, 0.1) is 18.2 Å². The van der Waals surface area contributed by atoms with Gasteiger partial charge in [0.2, 0.25) is 5.91 Å². The summed E-state index contributed by atoms with van der Waals surface area (Å²) in [6.45, 7) is 2.20. The summed E-state index contributed by atoms with van der Waals surface area (Å²) in [5.41, 5.74) is 6.90. The molecule has 1 saturated carbocycles. The van der Waals surface area contributed by atoms with Gasteiger partial charge in [0.1, 0.15) is 0 Å². The number of carbonyl (C=O) groups is 1. The third-order valence-electron chi connectivity index (χ3n) is 4.98. The smallest absolute Gasteiger partial charge is 0.242 e. The van der Waals surface area contributed by atoms with Crippen LogP contribution in [0.2, 0.25) is 0 Å². The Kier molecular flexibility index (Phi) is 6.45. The van der Waals surface area contributed by atoms with Crippen molar-refractivity contribution in [3.63, 3.8) is 0 Å². The van der Waals surface area contributed by atoms with Crippen LogP contribution in [0.5, 0.6) is 0 Å². The molecule has 23 heavy (non-hydrogen) atoms. The molecule has 5 heteroatoms. The van der Waals surface area contributed by atoms with Gasteiger partial charge in [-0.2, -0.15) is 0 Å². The fourth-order valence-electron chi connectivity index (χ4n) is 3.55. The molecule has 2 aliphatic rings. The van der Waals surface area contributed by atoms with Crippen LogP contribution in [0.4, 0.5) is 0 Å². The van der Waals surface area contributed by atoms with Crippen molar-refractivity contribution in [3.8, 4) is 0 Å². The average Bonchev–Trinajstić information content (AvgIpc) is 3.02. The minimum absolute atomic E-state index is 0.